The van der Waals surface area contributed by atoms with Gasteiger partial charge in [-0.15, -0.1) is 0 Å². The molecule has 0 unspecified atom stereocenters. The summed E-state index contributed by atoms with van der Waals surface area (Å²) >= 11 is 0. The third-order valence-electron chi connectivity index (χ3n) is 1.63. The molecule has 0 aliphatic heterocycles. The zero-order valence-electron chi connectivity index (χ0n) is 7.78. The van der Waals surface area contributed by atoms with Crippen molar-refractivity contribution in [3.8, 4) is 0 Å². The van der Waals surface area contributed by atoms with Crippen LogP contribution in [-0.2, 0) is 11.2 Å². The van der Waals surface area contributed by atoms with Crippen LogP contribution in [0.4, 0.5) is 0 Å². The highest BCUT2D eigenvalue weighted by Gasteiger charge is 2.11. The lowest BCUT2D eigenvalue weighted by Crippen LogP contribution is -2.09. The van der Waals surface area contributed by atoms with Crippen LogP contribution < -0.4 is 0 Å². The highest BCUT2D eigenvalue weighted by Crippen LogP contribution is 2.05. The van der Waals surface area contributed by atoms with E-state index in [0.717, 1.165) is 5.69 Å². The average Bonchev–Trinajstić information content (AvgIpc) is 2.18. The molecule has 1 rings (SSSR count). The van der Waals surface area contributed by atoms with E-state index in [1.165, 1.54) is 12.5 Å². The van der Waals surface area contributed by atoms with Crippen LogP contribution in [-0.4, -0.2) is 22.5 Å². The van der Waals surface area contributed by atoms with Crippen LogP contribution in [0, 0.1) is 0 Å². The molecule has 0 saturated heterocycles. The van der Waals surface area contributed by atoms with Crippen molar-refractivity contribution in [2.75, 3.05) is 6.61 Å². The minimum absolute atomic E-state index is 0.347. The van der Waals surface area contributed by atoms with Gasteiger partial charge in [-0.25, -0.2) is 14.8 Å². The molecule has 4 nitrogen and oxygen atoms in total. The number of hydrogen-bond donors (Lipinski definition) is 0. The van der Waals surface area contributed by atoms with E-state index in [1.54, 1.807) is 6.92 Å². The predicted molar refractivity (Wildman–Crippen MR) is 47.4 cm³/mol. The molecule has 0 N–H and O–H groups in total. The molecule has 0 saturated carbocycles. The van der Waals surface area contributed by atoms with E-state index < -0.39 is 0 Å². The van der Waals surface area contributed by atoms with Crippen LogP contribution in [0.15, 0.2) is 12.5 Å². The van der Waals surface area contributed by atoms with Gasteiger partial charge in [0, 0.05) is 6.20 Å². The maximum absolute atomic E-state index is 11.3. The Labute approximate surface area is 77.0 Å². The van der Waals surface area contributed by atoms with Crippen LogP contribution in [0.2, 0.25) is 0 Å². The normalized spacial score (nSPS) is 9.69. The Morgan fingerprint density at radius 1 is 1.54 bits per heavy atom. The van der Waals surface area contributed by atoms with E-state index in [0.29, 0.717) is 18.6 Å². The van der Waals surface area contributed by atoms with Crippen molar-refractivity contribution in [3.05, 3.63) is 23.8 Å². The minimum Gasteiger partial charge on any atom is -0.462 e. The SMILES string of the molecule is CCOC(=O)c1cncnc1CC. The molecule has 4 heteroatoms. The van der Waals surface area contributed by atoms with Gasteiger partial charge in [-0.1, -0.05) is 6.92 Å². The Bertz CT molecular complexity index is 299. The molecular weight excluding hydrogens is 168 g/mol. The summed E-state index contributed by atoms with van der Waals surface area (Å²) in [6.45, 7) is 4.08. The predicted octanol–water partition coefficient (Wildman–Crippen LogP) is 1.22. The van der Waals surface area contributed by atoms with Gasteiger partial charge < -0.3 is 4.74 Å². The zero-order valence-corrected chi connectivity index (χ0v) is 7.78. The Hall–Kier alpha value is -1.45. The molecule has 0 amide bonds. The second kappa shape index (κ2) is 4.54. The first-order chi connectivity index (χ1) is 6.29. The third-order valence-corrected chi connectivity index (χ3v) is 1.63. The Morgan fingerprint density at radius 3 is 2.92 bits per heavy atom. The maximum Gasteiger partial charge on any atom is 0.341 e. The first-order valence-electron chi connectivity index (χ1n) is 4.25. The van der Waals surface area contributed by atoms with Crippen molar-refractivity contribution in [3.63, 3.8) is 0 Å². The lowest BCUT2D eigenvalue weighted by Gasteiger charge is -2.04. The standard InChI is InChI=1S/C9H12N2O2/c1-3-8-7(5-10-6-11-8)9(12)13-4-2/h5-6H,3-4H2,1-2H3. The topological polar surface area (TPSA) is 52.1 Å². The minimum atomic E-state index is -0.347. The maximum atomic E-state index is 11.3. The summed E-state index contributed by atoms with van der Waals surface area (Å²) in [4.78, 5) is 19.1. The van der Waals surface area contributed by atoms with Crippen LogP contribution in [0.3, 0.4) is 0 Å². The van der Waals surface area contributed by atoms with Gasteiger partial charge in [0.05, 0.1) is 17.9 Å². The summed E-state index contributed by atoms with van der Waals surface area (Å²) in [6, 6.07) is 0. The van der Waals surface area contributed by atoms with Gasteiger partial charge in [0.15, 0.2) is 0 Å². The summed E-state index contributed by atoms with van der Waals surface area (Å²) in [6.07, 6.45) is 3.63. The van der Waals surface area contributed by atoms with Gasteiger partial charge >= 0.3 is 5.97 Å². The fourth-order valence-corrected chi connectivity index (χ4v) is 1.02. The first kappa shape index (κ1) is 9.64. The van der Waals surface area contributed by atoms with E-state index in [9.17, 15) is 4.79 Å². The smallest absolute Gasteiger partial charge is 0.341 e. The Balaban J connectivity index is 2.92. The molecule has 0 spiro atoms. The molecule has 1 heterocycles. The second-order valence-corrected chi connectivity index (χ2v) is 2.46. The summed E-state index contributed by atoms with van der Waals surface area (Å²) in [5.41, 5.74) is 1.19. The van der Waals surface area contributed by atoms with E-state index >= 15 is 0 Å². The van der Waals surface area contributed by atoms with Gasteiger partial charge in [0.1, 0.15) is 6.33 Å². The lowest BCUT2D eigenvalue weighted by molar-refractivity contribution is 0.0524. The molecule has 1 aromatic rings. The fraction of sp³-hybridized carbons (Fsp3) is 0.444. The number of ether oxygens (including phenoxy) is 1. The molecule has 70 valence electrons. The van der Waals surface area contributed by atoms with Crippen molar-refractivity contribution in [2.24, 2.45) is 0 Å². The molecular formula is C9H12N2O2. The van der Waals surface area contributed by atoms with Crippen molar-refractivity contribution >= 4 is 5.97 Å². The number of aromatic nitrogens is 2. The summed E-state index contributed by atoms with van der Waals surface area (Å²) in [7, 11) is 0. The molecule has 0 bridgehead atoms. The molecule has 0 aliphatic rings. The number of nitrogens with zero attached hydrogens (tertiary/aromatic N) is 2. The number of rotatable bonds is 3. The van der Waals surface area contributed by atoms with Crippen LogP contribution >= 0.6 is 0 Å². The average molecular weight is 180 g/mol. The summed E-state index contributed by atoms with van der Waals surface area (Å²) in [5.74, 6) is -0.347. The number of aryl methyl sites for hydroxylation is 1. The number of hydrogen-bond acceptors (Lipinski definition) is 4. The largest absolute Gasteiger partial charge is 0.462 e. The van der Waals surface area contributed by atoms with Gasteiger partial charge in [0.2, 0.25) is 0 Å². The van der Waals surface area contributed by atoms with Crippen molar-refractivity contribution in [1.82, 2.24) is 9.97 Å². The summed E-state index contributed by atoms with van der Waals surface area (Å²) in [5, 5.41) is 0. The van der Waals surface area contributed by atoms with Crippen LogP contribution in [0.25, 0.3) is 0 Å². The Morgan fingerprint density at radius 2 is 2.31 bits per heavy atom. The Kier molecular flexibility index (Phi) is 3.37. The highest BCUT2D eigenvalue weighted by molar-refractivity contribution is 5.90. The van der Waals surface area contributed by atoms with Crippen molar-refractivity contribution < 1.29 is 9.53 Å². The number of carbonyl (C=O) groups is 1. The molecule has 0 atom stereocenters. The third kappa shape index (κ3) is 2.24. The number of esters is 1. The van der Waals surface area contributed by atoms with E-state index in [-0.39, 0.29) is 5.97 Å². The van der Waals surface area contributed by atoms with Crippen molar-refractivity contribution in [1.29, 1.82) is 0 Å². The second-order valence-electron chi connectivity index (χ2n) is 2.46. The molecule has 0 radical (unpaired) electrons. The van der Waals surface area contributed by atoms with Gasteiger partial charge in [-0.05, 0) is 13.3 Å². The lowest BCUT2D eigenvalue weighted by atomic mass is 10.2. The monoisotopic (exact) mass is 180 g/mol. The zero-order chi connectivity index (χ0) is 9.68. The molecule has 13 heavy (non-hydrogen) atoms. The van der Waals surface area contributed by atoms with E-state index in [4.69, 9.17) is 4.74 Å². The molecule has 1 aromatic heterocycles. The molecule has 0 fully saturated rings. The van der Waals surface area contributed by atoms with Crippen LogP contribution in [0.1, 0.15) is 29.9 Å². The molecule has 0 aliphatic carbocycles. The molecule has 0 aromatic carbocycles. The van der Waals surface area contributed by atoms with Crippen LogP contribution in [0.5, 0.6) is 0 Å². The first-order valence-corrected chi connectivity index (χ1v) is 4.25. The quantitative estimate of drug-likeness (QED) is 0.656. The van der Waals surface area contributed by atoms with Gasteiger partial charge in [0.25, 0.3) is 0 Å². The van der Waals surface area contributed by atoms with E-state index in [2.05, 4.69) is 9.97 Å². The van der Waals surface area contributed by atoms with Crippen molar-refractivity contribution in [2.45, 2.75) is 20.3 Å². The fourth-order valence-electron chi connectivity index (χ4n) is 1.02. The summed E-state index contributed by atoms with van der Waals surface area (Å²) < 4.78 is 4.85. The van der Waals surface area contributed by atoms with E-state index in [1.807, 2.05) is 6.92 Å². The van der Waals surface area contributed by atoms with Gasteiger partial charge in [-0.2, -0.15) is 0 Å². The number of carbonyl (C=O) groups excluding carboxylic acids is 1. The highest BCUT2D eigenvalue weighted by atomic mass is 16.5. The van der Waals surface area contributed by atoms with Gasteiger partial charge in [-0.3, -0.25) is 0 Å².